The van der Waals surface area contributed by atoms with E-state index in [-0.39, 0.29) is 11.9 Å². The van der Waals surface area contributed by atoms with Gasteiger partial charge in [-0.15, -0.1) is 0 Å². The number of hydrogen-bond acceptors (Lipinski definition) is 3. The monoisotopic (exact) mass is 251 g/mol. The minimum atomic E-state index is -0.129. The number of aliphatic imine (C=N–C) groups is 2. The van der Waals surface area contributed by atoms with Gasteiger partial charge < -0.3 is 26.7 Å². The van der Waals surface area contributed by atoms with E-state index in [0.29, 0.717) is 18.9 Å². The second-order valence-corrected chi connectivity index (χ2v) is 3.34. The average Bonchev–Trinajstić information content (AvgIpc) is 2.30. The molecule has 1 rings (SSSR count). The van der Waals surface area contributed by atoms with E-state index >= 15 is 0 Å². The van der Waals surface area contributed by atoms with E-state index in [0.717, 1.165) is 5.75 Å². The van der Waals surface area contributed by atoms with Crippen molar-refractivity contribution in [3.8, 4) is 5.75 Å². The van der Waals surface area contributed by atoms with Crippen LogP contribution >= 0.6 is 0 Å². The van der Waals surface area contributed by atoms with Gasteiger partial charge in [0.2, 0.25) is 5.96 Å². The van der Waals surface area contributed by atoms with Crippen LogP contribution in [0.25, 0.3) is 0 Å². The zero-order chi connectivity index (χ0) is 13.4. The average molecular weight is 251 g/mol. The summed E-state index contributed by atoms with van der Waals surface area (Å²) in [6.45, 7) is 1.03. The van der Waals surface area contributed by atoms with Crippen molar-refractivity contribution in [2.24, 2.45) is 27.2 Å². The maximum Gasteiger partial charge on any atom is 0.223 e. The van der Waals surface area contributed by atoms with E-state index in [1.807, 2.05) is 0 Å². The summed E-state index contributed by atoms with van der Waals surface area (Å²) in [5, 5.41) is 0. The molecule has 0 saturated carbocycles. The Hall–Kier alpha value is -2.28. The van der Waals surface area contributed by atoms with Crippen LogP contribution in [0, 0.1) is 0 Å². The molecule has 0 heterocycles. The lowest BCUT2D eigenvalue weighted by molar-refractivity contribution is 0.146. The van der Waals surface area contributed by atoms with Crippen LogP contribution in [0.2, 0.25) is 0 Å². The summed E-state index contributed by atoms with van der Waals surface area (Å²) in [6, 6.07) is 7.04. The van der Waals surface area contributed by atoms with Crippen molar-refractivity contribution < 1.29 is 9.47 Å². The lowest BCUT2D eigenvalue weighted by Gasteiger charge is -2.05. The SMILES string of the molecule is COCCOc1ccc(N=C(N)N=C(N)N)cc1. The Bertz CT molecular complexity index is 424. The first-order valence-electron chi connectivity index (χ1n) is 5.27. The fraction of sp³-hybridized carbons (Fsp3) is 0.273. The number of guanidine groups is 2. The van der Waals surface area contributed by atoms with Gasteiger partial charge in [-0.2, -0.15) is 4.99 Å². The smallest absolute Gasteiger partial charge is 0.223 e. The van der Waals surface area contributed by atoms with E-state index < -0.39 is 0 Å². The normalized spacial score (nSPS) is 11.1. The van der Waals surface area contributed by atoms with Gasteiger partial charge in [0.25, 0.3) is 0 Å². The minimum absolute atomic E-state index is 0.00283. The van der Waals surface area contributed by atoms with Gasteiger partial charge in [-0.05, 0) is 24.3 Å². The van der Waals surface area contributed by atoms with Crippen molar-refractivity contribution in [1.82, 2.24) is 0 Å². The highest BCUT2D eigenvalue weighted by Crippen LogP contribution is 2.17. The molecule has 0 aromatic heterocycles. The fourth-order valence-corrected chi connectivity index (χ4v) is 1.15. The summed E-state index contributed by atoms with van der Waals surface area (Å²) in [6.07, 6.45) is 0. The number of benzene rings is 1. The second-order valence-electron chi connectivity index (χ2n) is 3.34. The molecular weight excluding hydrogens is 234 g/mol. The van der Waals surface area contributed by atoms with Crippen LogP contribution < -0.4 is 21.9 Å². The molecule has 0 aliphatic heterocycles. The molecule has 0 amide bonds. The van der Waals surface area contributed by atoms with Crippen LogP contribution in [-0.4, -0.2) is 32.2 Å². The number of ether oxygens (including phenoxy) is 2. The minimum Gasteiger partial charge on any atom is -0.491 e. The zero-order valence-corrected chi connectivity index (χ0v) is 10.2. The molecule has 6 N–H and O–H groups in total. The Morgan fingerprint density at radius 3 is 2.33 bits per heavy atom. The Morgan fingerprint density at radius 1 is 1.11 bits per heavy atom. The highest BCUT2D eigenvalue weighted by molar-refractivity contribution is 5.93. The van der Waals surface area contributed by atoms with Crippen molar-refractivity contribution in [1.29, 1.82) is 0 Å². The van der Waals surface area contributed by atoms with E-state index in [2.05, 4.69) is 9.98 Å². The molecule has 18 heavy (non-hydrogen) atoms. The maximum atomic E-state index is 5.50. The number of methoxy groups -OCH3 is 1. The van der Waals surface area contributed by atoms with Gasteiger partial charge in [-0.25, -0.2) is 4.99 Å². The summed E-state index contributed by atoms with van der Waals surface area (Å²) in [4.78, 5) is 7.61. The van der Waals surface area contributed by atoms with Crippen LogP contribution in [0.4, 0.5) is 5.69 Å². The molecular formula is C11H17N5O2. The third-order valence-corrected chi connectivity index (χ3v) is 1.88. The van der Waals surface area contributed by atoms with E-state index in [4.69, 9.17) is 26.7 Å². The molecule has 0 unspecified atom stereocenters. The van der Waals surface area contributed by atoms with Crippen LogP contribution in [-0.2, 0) is 4.74 Å². The Labute approximate surface area is 105 Å². The van der Waals surface area contributed by atoms with E-state index in [1.165, 1.54) is 0 Å². The molecule has 7 heteroatoms. The van der Waals surface area contributed by atoms with Gasteiger partial charge in [0.1, 0.15) is 12.4 Å². The largest absolute Gasteiger partial charge is 0.491 e. The molecule has 0 bridgehead atoms. The summed E-state index contributed by atoms with van der Waals surface area (Å²) < 4.78 is 10.3. The zero-order valence-electron chi connectivity index (χ0n) is 10.2. The first kappa shape index (κ1) is 13.8. The van der Waals surface area contributed by atoms with E-state index in [9.17, 15) is 0 Å². The van der Waals surface area contributed by atoms with Crippen LogP contribution in [0.3, 0.4) is 0 Å². The third kappa shape index (κ3) is 5.17. The summed E-state index contributed by atoms with van der Waals surface area (Å²) in [5.74, 6) is 0.602. The molecule has 1 aromatic rings. The van der Waals surface area contributed by atoms with Crippen molar-refractivity contribution in [2.45, 2.75) is 0 Å². The Kier molecular flexibility index (Phi) is 5.46. The number of rotatable bonds is 5. The van der Waals surface area contributed by atoms with Crippen LogP contribution in [0.15, 0.2) is 34.3 Å². The first-order chi connectivity index (χ1) is 8.61. The molecule has 0 aliphatic rings. The molecule has 0 aliphatic carbocycles. The molecule has 0 fully saturated rings. The molecule has 0 radical (unpaired) electrons. The molecule has 0 atom stereocenters. The quantitative estimate of drug-likeness (QED) is 0.384. The van der Waals surface area contributed by atoms with Gasteiger partial charge in [0, 0.05) is 7.11 Å². The standard InChI is InChI=1S/C11H17N5O2/c1-17-6-7-18-9-4-2-8(3-5-9)15-11(14)16-10(12)13/h2-5H,6-7H2,1H3,(H6,12,13,14,15,16). The first-order valence-corrected chi connectivity index (χ1v) is 5.27. The molecule has 7 nitrogen and oxygen atoms in total. The predicted octanol–water partition coefficient (Wildman–Crippen LogP) is -0.0686. The fourth-order valence-electron chi connectivity index (χ4n) is 1.15. The molecule has 1 aromatic carbocycles. The van der Waals surface area contributed by atoms with Crippen LogP contribution in [0.1, 0.15) is 0 Å². The summed E-state index contributed by atoms with van der Waals surface area (Å²) in [5.41, 5.74) is 16.5. The van der Waals surface area contributed by atoms with Gasteiger partial charge in [0.15, 0.2) is 5.96 Å². The topological polar surface area (TPSA) is 121 Å². The van der Waals surface area contributed by atoms with Crippen molar-refractivity contribution in [2.75, 3.05) is 20.3 Å². The highest BCUT2D eigenvalue weighted by atomic mass is 16.5. The number of nitrogens with two attached hydrogens (primary N) is 3. The van der Waals surface area contributed by atoms with Gasteiger partial charge in [-0.3, -0.25) is 0 Å². The predicted molar refractivity (Wildman–Crippen MR) is 70.9 cm³/mol. The maximum absolute atomic E-state index is 5.50. The Balaban J connectivity index is 2.62. The summed E-state index contributed by atoms with van der Waals surface area (Å²) in [7, 11) is 1.62. The van der Waals surface area contributed by atoms with Gasteiger partial charge >= 0.3 is 0 Å². The second kappa shape index (κ2) is 7.13. The number of nitrogens with zero attached hydrogens (tertiary/aromatic N) is 2. The van der Waals surface area contributed by atoms with E-state index in [1.54, 1.807) is 31.4 Å². The summed E-state index contributed by atoms with van der Waals surface area (Å²) >= 11 is 0. The number of hydrogen-bond donors (Lipinski definition) is 3. The highest BCUT2D eigenvalue weighted by Gasteiger charge is 1.96. The lowest BCUT2D eigenvalue weighted by Crippen LogP contribution is -2.26. The molecule has 0 spiro atoms. The molecule has 0 saturated heterocycles. The van der Waals surface area contributed by atoms with Crippen molar-refractivity contribution >= 4 is 17.6 Å². The molecule has 98 valence electrons. The van der Waals surface area contributed by atoms with Crippen molar-refractivity contribution in [3.05, 3.63) is 24.3 Å². The van der Waals surface area contributed by atoms with Gasteiger partial charge in [-0.1, -0.05) is 0 Å². The Morgan fingerprint density at radius 2 is 1.78 bits per heavy atom. The van der Waals surface area contributed by atoms with Gasteiger partial charge in [0.05, 0.1) is 12.3 Å². The van der Waals surface area contributed by atoms with Crippen LogP contribution in [0.5, 0.6) is 5.75 Å². The lowest BCUT2D eigenvalue weighted by atomic mass is 10.3. The third-order valence-electron chi connectivity index (χ3n) is 1.88. The van der Waals surface area contributed by atoms with Crippen molar-refractivity contribution in [3.63, 3.8) is 0 Å².